The highest BCUT2D eigenvalue weighted by atomic mass is 19.1. The lowest BCUT2D eigenvalue weighted by Gasteiger charge is -2.02. The number of rotatable bonds is 4. The molecular weight excluding hydrogens is 267 g/mol. The van der Waals surface area contributed by atoms with Crippen LogP contribution in [-0.4, -0.2) is 16.1 Å². The number of aromatic nitrogens is 2. The standard InChI is InChI=1S/C17H13FN2O/c18-17-3-1-2-14(8-17)10-20-11-16(9-19-20)15-6-4-13(12-21)5-7-15/h1-9,11-12H,10H2. The van der Waals surface area contributed by atoms with Gasteiger partial charge < -0.3 is 0 Å². The third-order valence-electron chi connectivity index (χ3n) is 3.25. The van der Waals surface area contributed by atoms with Gasteiger partial charge in [-0.3, -0.25) is 9.48 Å². The van der Waals surface area contributed by atoms with Crippen molar-refractivity contribution in [3.05, 3.63) is 77.9 Å². The SMILES string of the molecule is O=Cc1ccc(-c2cnn(Cc3cccc(F)c3)c2)cc1. The molecule has 0 unspecified atom stereocenters. The molecule has 0 saturated heterocycles. The lowest BCUT2D eigenvalue weighted by molar-refractivity contribution is 0.112. The van der Waals surface area contributed by atoms with Gasteiger partial charge in [-0.1, -0.05) is 36.4 Å². The molecule has 4 heteroatoms. The fraction of sp³-hybridized carbons (Fsp3) is 0.0588. The Morgan fingerprint density at radius 1 is 1.10 bits per heavy atom. The Morgan fingerprint density at radius 3 is 2.62 bits per heavy atom. The highest BCUT2D eigenvalue weighted by Gasteiger charge is 2.03. The van der Waals surface area contributed by atoms with Gasteiger partial charge in [-0.15, -0.1) is 0 Å². The molecule has 0 fully saturated rings. The van der Waals surface area contributed by atoms with Crippen LogP contribution in [0.2, 0.25) is 0 Å². The Kier molecular flexibility index (Phi) is 3.60. The van der Waals surface area contributed by atoms with Crippen molar-refractivity contribution in [2.75, 3.05) is 0 Å². The lowest BCUT2D eigenvalue weighted by atomic mass is 10.1. The van der Waals surface area contributed by atoms with Crippen molar-refractivity contribution in [2.24, 2.45) is 0 Å². The maximum absolute atomic E-state index is 13.2. The van der Waals surface area contributed by atoms with Gasteiger partial charge in [0, 0.05) is 17.3 Å². The van der Waals surface area contributed by atoms with Gasteiger partial charge in [0.15, 0.2) is 0 Å². The first-order valence-corrected chi connectivity index (χ1v) is 6.57. The molecule has 0 aliphatic carbocycles. The smallest absolute Gasteiger partial charge is 0.150 e. The molecular formula is C17H13FN2O. The van der Waals surface area contributed by atoms with E-state index < -0.39 is 0 Å². The molecule has 0 spiro atoms. The molecule has 1 aromatic heterocycles. The fourth-order valence-electron chi connectivity index (χ4n) is 2.18. The van der Waals surface area contributed by atoms with E-state index in [1.54, 1.807) is 29.1 Å². The Labute approximate surface area is 121 Å². The molecule has 0 bridgehead atoms. The second kappa shape index (κ2) is 5.71. The highest BCUT2D eigenvalue weighted by Crippen LogP contribution is 2.19. The van der Waals surface area contributed by atoms with Crippen molar-refractivity contribution in [3.63, 3.8) is 0 Å². The first kappa shape index (κ1) is 13.2. The van der Waals surface area contributed by atoms with Gasteiger partial charge in [-0.25, -0.2) is 4.39 Å². The van der Waals surface area contributed by atoms with Crippen molar-refractivity contribution in [1.82, 2.24) is 9.78 Å². The second-order valence-corrected chi connectivity index (χ2v) is 4.80. The first-order valence-electron chi connectivity index (χ1n) is 6.57. The molecule has 3 rings (SSSR count). The zero-order valence-electron chi connectivity index (χ0n) is 11.2. The van der Waals surface area contributed by atoms with Gasteiger partial charge in [-0.05, 0) is 23.3 Å². The summed E-state index contributed by atoms with van der Waals surface area (Å²) in [5, 5.41) is 4.28. The number of carbonyl (C=O) groups is 1. The first-order chi connectivity index (χ1) is 10.2. The van der Waals surface area contributed by atoms with Crippen LogP contribution in [0.5, 0.6) is 0 Å². The molecule has 21 heavy (non-hydrogen) atoms. The van der Waals surface area contributed by atoms with Gasteiger partial charge in [0.2, 0.25) is 0 Å². The molecule has 0 amide bonds. The Bertz CT molecular complexity index is 762. The summed E-state index contributed by atoms with van der Waals surface area (Å²) in [6.45, 7) is 0.518. The van der Waals surface area contributed by atoms with Gasteiger partial charge in [0.25, 0.3) is 0 Å². The summed E-state index contributed by atoms with van der Waals surface area (Å²) in [5.74, 6) is -0.246. The van der Waals surface area contributed by atoms with Crippen molar-refractivity contribution >= 4 is 6.29 Å². The minimum Gasteiger partial charge on any atom is -0.298 e. The molecule has 104 valence electrons. The Morgan fingerprint density at radius 2 is 1.90 bits per heavy atom. The van der Waals surface area contributed by atoms with E-state index in [0.717, 1.165) is 23.0 Å². The topological polar surface area (TPSA) is 34.9 Å². The van der Waals surface area contributed by atoms with E-state index in [9.17, 15) is 9.18 Å². The monoisotopic (exact) mass is 280 g/mol. The minimum absolute atomic E-state index is 0.246. The number of hydrogen-bond donors (Lipinski definition) is 0. The fourth-order valence-corrected chi connectivity index (χ4v) is 2.18. The van der Waals surface area contributed by atoms with E-state index in [2.05, 4.69) is 5.10 Å². The van der Waals surface area contributed by atoms with Crippen LogP contribution in [0.15, 0.2) is 60.9 Å². The number of hydrogen-bond acceptors (Lipinski definition) is 2. The van der Waals surface area contributed by atoms with Gasteiger partial charge in [0.05, 0.1) is 12.7 Å². The second-order valence-electron chi connectivity index (χ2n) is 4.80. The minimum atomic E-state index is -0.246. The summed E-state index contributed by atoms with van der Waals surface area (Å²) in [7, 11) is 0. The van der Waals surface area contributed by atoms with E-state index in [1.165, 1.54) is 12.1 Å². The third kappa shape index (κ3) is 3.05. The molecule has 0 radical (unpaired) electrons. The van der Waals surface area contributed by atoms with Crippen molar-refractivity contribution < 1.29 is 9.18 Å². The largest absolute Gasteiger partial charge is 0.298 e. The van der Waals surface area contributed by atoms with Crippen molar-refractivity contribution in [3.8, 4) is 11.1 Å². The summed E-state index contributed by atoms with van der Waals surface area (Å²) in [6, 6.07) is 13.8. The third-order valence-corrected chi connectivity index (χ3v) is 3.25. The molecule has 0 saturated carbocycles. The predicted molar refractivity (Wildman–Crippen MR) is 78.6 cm³/mol. The predicted octanol–water partition coefficient (Wildman–Crippen LogP) is 3.55. The number of carbonyl (C=O) groups excluding carboxylic acids is 1. The number of halogens is 1. The van der Waals surface area contributed by atoms with E-state index in [1.807, 2.05) is 24.4 Å². The molecule has 3 aromatic rings. The van der Waals surface area contributed by atoms with E-state index in [4.69, 9.17) is 0 Å². The normalized spacial score (nSPS) is 10.5. The van der Waals surface area contributed by atoms with Crippen molar-refractivity contribution in [1.29, 1.82) is 0 Å². The number of aldehydes is 1. The maximum Gasteiger partial charge on any atom is 0.150 e. The van der Waals surface area contributed by atoms with E-state index in [0.29, 0.717) is 12.1 Å². The summed E-state index contributed by atoms with van der Waals surface area (Å²) < 4.78 is 14.9. The maximum atomic E-state index is 13.2. The van der Waals surface area contributed by atoms with Crippen molar-refractivity contribution in [2.45, 2.75) is 6.54 Å². The van der Waals surface area contributed by atoms with Crippen LogP contribution in [0.3, 0.4) is 0 Å². The summed E-state index contributed by atoms with van der Waals surface area (Å²) in [4.78, 5) is 10.6. The summed E-state index contributed by atoms with van der Waals surface area (Å²) in [6.07, 6.45) is 4.48. The Hall–Kier alpha value is -2.75. The van der Waals surface area contributed by atoms with Gasteiger partial charge >= 0.3 is 0 Å². The van der Waals surface area contributed by atoms with Crippen LogP contribution in [0.25, 0.3) is 11.1 Å². The molecule has 0 atom stereocenters. The molecule has 1 heterocycles. The molecule has 0 aliphatic heterocycles. The van der Waals surface area contributed by atoms with Crippen LogP contribution in [0, 0.1) is 5.82 Å². The Balaban J connectivity index is 1.80. The van der Waals surface area contributed by atoms with E-state index in [-0.39, 0.29) is 5.82 Å². The summed E-state index contributed by atoms with van der Waals surface area (Å²) >= 11 is 0. The molecule has 3 nitrogen and oxygen atoms in total. The lowest BCUT2D eigenvalue weighted by Crippen LogP contribution is -1.99. The zero-order valence-corrected chi connectivity index (χ0v) is 11.2. The van der Waals surface area contributed by atoms with E-state index >= 15 is 0 Å². The average molecular weight is 280 g/mol. The average Bonchev–Trinajstić information content (AvgIpc) is 2.96. The van der Waals surface area contributed by atoms with Crippen LogP contribution in [0.1, 0.15) is 15.9 Å². The number of benzene rings is 2. The zero-order chi connectivity index (χ0) is 14.7. The molecule has 0 N–H and O–H groups in total. The van der Waals surface area contributed by atoms with Crippen LogP contribution in [-0.2, 0) is 6.54 Å². The van der Waals surface area contributed by atoms with Gasteiger partial charge in [-0.2, -0.15) is 5.10 Å². The molecule has 0 aliphatic rings. The van der Waals surface area contributed by atoms with Crippen LogP contribution >= 0.6 is 0 Å². The van der Waals surface area contributed by atoms with Crippen LogP contribution < -0.4 is 0 Å². The highest BCUT2D eigenvalue weighted by molar-refractivity contribution is 5.76. The molecule has 2 aromatic carbocycles. The quantitative estimate of drug-likeness (QED) is 0.685. The van der Waals surface area contributed by atoms with Crippen LogP contribution in [0.4, 0.5) is 4.39 Å². The number of nitrogens with zero attached hydrogens (tertiary/aromatic N) is 2. The van der Waals surface area contributed by atoms with Gasteiger partial charge in [0.1, 0.15) is 12.1 Å². The summed E-state index contributed by atoms with van der Waals surface area (Å²) in [5.41, 5.74) is 3.46.